The first kappa shape index (κ1) is 23.1. The SMILES string of the molecule is CCCCC1(OCC)C=CC(c2ccc(-c3ccc(-c4ccccc4)cc3)c(F)c2F)=CC1. The minimum atomic E-state index is -0.818. The molecule has 0 fully saturated rings. The van der Waals surface area contributed by atoms with Crippen molar-refractivity contribution in [2.45, 2.75) is 45.1 Å². The van der Waals surface area contributed by atoms with Gasteiger partial charge in [0.1, 0.15) is 0 Å². The molecule has 3 aromatic carbocycles. The van der Waals surface area contributed by atoms with Crippen LogP contribution in [0.2, 0.25) is 0 Å². The van der Waals surface area contributed by atoms with E-state index in [1.165, 1.54) is 0 Å². The number of benzene rings is 3. The molecular weight excluding hydrogens is 414 g/mol. The maximum Gasteiger partial charge on any atom is 0.167 e. The zero-order valence-corrected chi connectivity index (χ0v) is 19.3. The first-order chi connectivity index (χ1) is 16.1. The van der Waals surface area contributed by atoms with Gasteiger partial charge < -0.3 is 4.74 Å². The Morgan fingerprint density at radius 1 is 0.788 bits per heavy atom. The van der Waals surface area contributed by atoms with Crippen LogP contribution in [0.1, 0.15) is 45.1 Å². The number of unbranched alkanes of at least 4 members (excludes halogenated alkanes) is 1. The van der Waals surface area contributed by atoms with Crippen LogP contribution < -0.4 is 0 Å². The van der Waals surface area contributed by atoms with E-state index in [1.54, 1.807) is 12.1 Å². The summed E-state index contributed by atoms with van der Waals surface area (Å²) in [7, 11) is 0. The van der Waals surface area contributed by atoms with E-state index in [1.807, 2.05) is 79.7 Å². The zero-order valence-electron chi connectivity index (χ0n) is 19.3. The van der Waals surface area contributed by atoms with Gasteiger partial charge in [-0.15, -0.1) is 0 Å². The maximum atomic E-state index is 15.1. The van der Waals surface area contributed by atoms with E-state index in [0.717, 1.165) is 30.4 Å². The molecule has 1 nitrogen and oxygen atoms in total. The van der Waals surface area contributed by atoms with E-state index >= 15 is 8.78 Å². The third-order valence-corrected chi connectivity index (χ3v) is 6.32. The lowest BCUT2D eigenvalue weighted by Crippen LogP contribution is -2.31. The van der Waals surface area contributed by atoms with Crippen LogP contribution in [0.3, 0.4) is 0 Å². The van der Waals surface area contributed by atoms with Crippen molar-refractivity contribution < 1.29 is 13.5 Å². The van der Waals surface area contributed by atoms with E-state index in [-0.39, 0.29) is 16.7 Å². The first-order valence-electron chi connectivity index (χ1n) is 11.7. The van der Waals surface area contributed by atoms with Gasteiger partial charge in [-0.2, -0.15) is 0 Å². The lowest BCUT2D eigenvalue weighted by Gasteiger charge is -2.32. The summed E-state index contributed by atoms with van der Waals surface area (Å²) < 4.78 is 36.3. The van der Waals surface area contributed by atoms with E-state index < -0.39 is 11.6 Å². The molecule has 4 rings (SSSR count). The fourth-order valence-corrected chi connectivity index (χ4v) is 4.46. The molecule has 1 atom stereocenters. The van der Waals surface area contributed by atoms with Crippen LogP contribution in [0, 0.1) is 11.6 Å². The van der Waals surface area contributed by atoms with Crippen LogP contribution in [0.25, 0.3) is 27.8 Å². The van der Waals surface area contributed by atoms with Crippen LogP contribution in [0.5, 0.6) is 0 Å². The normalized spacial score (nSPS) is 17.8. The second-order valence-electron chi connectivity index (χ2n) is 8.53. The molecule has 170 valence electrons. The number of allylic oxidation sites excluding steroid dienone is 2. The van der Waals surface area contributed by atoms with Gasteiger partial charge in [-0.05, 0) is 42.0 Å². The molecule has 0 heterocycles. The van der Waals surface area contributed by atoms with E-state index in [2.05, 4.69) is 6.92 Å². The summed E-state index contributed by atoms with van der Waals surface area (Å²) in [5.74, 6) is -1.63. The maximum absolute atomic E-state index is 15.1. The van der Waals surface area contributed by atoms with Crippen LogP contribution in [0.4, 0.5) is 8.78 Å². The summed E-state index contributed by atoms with van der Waals surface area (Å²) in [6.45, 7) is 4.77. The molecule has 3 heteroatoms. The van der Waals surface area contributed by atoms with Crippen molar-refractivity contribution in [1.82, 2.24) is 0 Å². The van der Waals surface area contributed by atoms with E-state index in [4.69, 9.17) is 4.74 Å². The summed E-state index contributed by atoms with van der Waals surface area (Å²) in [4.78, 5) is 0. The van der Waals surface area contributed by atoms with Gasteiger partial charge >= 0.3 is 0 Å². The average Bonchev–Trinajstić information content (AvgIpc) is 2.86. The van der Waals surface area contributed by atoms with Gasteiger partial charge in [0, 0.05) is 17.7 Å². The van der Waals surface area contributed by atoms with E-state index in [0.29, 0.717) is 24.2 Å². The summed E-state index contributed by atoms with van der Waals surface area (Å²) in [5, 5.41) is 0. The Morgan fingerprint density at radius 3 is 2.06 bits per heavy atom. The fourth-order valence-electron chi connectivity index (χ4n) is 4.46. The second-order valence-corrected chi connectivity index (χ2v) is 8.53. The van der Waals surface area contributed by atoms with Crippen molar-refractivity contribution in [3.05, 3.63) is 102 Å². The van der Waals surface area contributed by atoms with E-state index in [9.17, 15) is 0 Å². The summed E-state index contributed by atoms with van der Waals surface area (Å²) in [5.41, 5.74) is 3.69. The molecule has 0 bridgehead atoms. The molecule has 1 aliphatic carbocycles. The highest BCUT2D eigenvalue weighted by Gasteiger charge is 2.29. The smallest absolute Gasteiger partial charge is 0.167 e. The molecule has 0 aromatic heterocycles. The first-order valence-corrected chi connectivity index (χ1v) is 11.7. The molecule has 0 radical (unpaired) electrons. The number of halogens is 2. The van der Waals surface area contributed by atoms with Gasteiger partial charge in [0.2, 0.25) is 0 Å². The molecule has 0 spiro atoms. The highest BCUT2D eigenvalue weighted by molar-refractivity contribution is 5.78. The standard InChI is InChI=1S/C30H30F2O/c1-3-5-19-30(33-4-2)20-17-25(18-21-30)27-16-15-26(28(31)29(27)32)24-13-11-23(12-14-24)22-9-7-6-8-10-22/h6-18,20H,3-5,19,21H2,1-2H3. The quantitative estimate of drug-likeness (QED) is 0.338. The lowest BCUT2D eigenvalue weighted by molar-refractivity contribution is -0.00697. The predicted molar refractivity (Wildman–Crippen MR) is 133 cm³/mol. The zero-order chi connectivity index (χ0) is 23.3. The Labute approximate surface area is 195 Å². The van der Waals surface area contributed by atoms with Crippen molar-refractivity contribution in [3.8, 4) is 22.3 Å². The molecule has 0 aliphatic heterocycles. The molecule has 3 aromatic rings. The van der Waals surface area contributed by atoms with Crippen LogP contribution >= 0.6 is 0 Å². The largest absolute Gasteiger partial charge is 0.371 e. The Balaban J connectivity index is 1.58. The van der Waals surface area contributed by atoms with Gasteiger partial charge in [0.05, 0.1) is 5.60 Å². The number of hydrogen-bond acceptors (Lipinski definition) is 1. The molecule has 0 saturated carbocycles. The lowest BCUT2D eigenvalue weighted by atomic mass is 9.85. The Bertz CT molecular complexity index is 1150. The van der Waals surface area contributed by atoms with Crippen LogP contribution in [0.15, 0.2) is 85.0 Å². The molecule has 0 saturated heterocycles. The van der Waals surface area contributed by atoms with Crippen LogP contribution in [-0.4, -0.2) is 12.2 Å². The number of rotatable bonds is 8. The predicted octanol–water partition coefficient (Wildman–Crippen LogP) is 8.61. The van der Waals surface area contributed by atoms with Gasteiger partial charge in [-0.3, -0.25) is 0 Å². The summed E-state index contributed by atoms with van der Waals surface area (Å²) >= 11 is 0. The molecule has 0 amide bonds. The van der Waals surface area contributed by atoms with Crippen LogP contribution in [-0.2, 0) is 4.74 Å². The van der Waals surface area contributed by atoms with Crippen molar-refractivity contribution in [2.75, 3.05) is 6.61 Å². The number of ether oxygens (including phenoxy) is 1. The third kappa shape index (κ3) is 4.99. The monoisotopic (exact) mass is 444 g/mol. The van der Waals surface area contributed by atoms with Crippen molar-refractivity contribution in [3.63, 3.8) is 0 Å². The minimum Gasteiger partial charge on any atom is -0.371 e. The molecule has 0 N–H and O–H groups in total. The van der Waals surface area contributed by atoms with Gasteiger partial charge in [-0.25, -0.2) is 8.78 Å². The summed E-state index contributed by atoms with van der Waals surface area (Å²) in [6.07, 6.45) is 9.61. The molecule has 1 unspecified atom stereocenters. The fraction of sp³-hybridized carbons (Fsp3) is 0.267. The van der Waals surface area contributed by atoms with Gasteiger partial charge in [-0.1, -0.05) is 105 Å². The van der Waals surface area contributed by atoms with Crippen molar-refractivity contribution in [1.29, 1.82) is 0 Å². The third-order valence-electron chi connectivity index (χ3n) is 6.32. The highest BCUT2D eigenvalue weighted by Crippen LogP contribution is 2.36. The molecular formula is C30H30F2O. The van der Waals surface area contributed by atoms with Crippen molar-refractivity contribution in [2.24, 2.45) is 0 Å². The second kappa shape index (κ2) is 10.3. The number of hydrogen-bond donors (Lipinski definition) is 0. The molecule has 33 heavy (non-hydrogen) atoms. The Kier molecular flexibility index (Phi) is 7.20. The Morgan fingerprint density at radius 2 is 1.42 bits per heavy atom. The van der Waals surface area contributed by atoms with Gasteiger partial charge in [0.25, 0.3) is 0 Å². The Hall–Kier alpha value is -3.04. The summed E-state index contributed by atoms with van der Waals surface area (Å²) in [6, 6.07) is 20.9. The van der Waals surface area contributed by atoms with Crippen molar-refractivity contribution >= 4 is 5.57 Å². The molecule has 1 aliphatic rings. The topological polar surface area (TPSA) is 9.23 Å². The highest BCUT2D eigenvalue weighted by atomic mass is 19.2. The minimum absolute atomic E-state index is 0.267. The average molecular weight is 445 g/mol. The van der Waals surface area contributed by atoms with Gasteiger partial charge in [0.15, 0.2) is 11.6 Å².